The van der Waals surface area contributed by atoms with Crippen LogP contribution in [0.25, 0.3) is 0 Å². The molecule has 0 fully saturated rings. The summed E-state index contributed by atoms with van der Waals surface area (Å²) in [6.07, 6.45) is 0.862. The average Bonchev–Trinajstić information content (AvgIpc) is 2.18. The van der Waals surface area contributed by atoms with Crippen LogP contribution in [0.15, 0.2) is 12.2 Å². The highest BCUT2D eigenvalue weighted by Crippen LogP contribution is 2.29. The molecule has 5 heteroatoms. The van der Waals surface area contributed by atoms with Crippen molar-refractivity contribution in [3.05, 3.63) is 12.2 Å². The first-order valence-electron chi connectivity index (χ1n) is 7.77. The molecule has 0 unspecified atom stereocenters. The first kappa shape index (κ1) is 20.6. The van der Waals surface area contributed by atoms with Crippen molar-refractivity contribution in [2.45, 2.75) is 77.6 Å². The van der Waals surface area contributed by atoms with E-state index in [1.165, 1.54) is 6.04 Å². The van der Waals surface area contributed by atoms with Gasteiger partial charge in [0, 0.05) is 19.2 Å². The van der Waals surface area contributed by atoms with Crippen LogP contribution in [0.4, 0.5) is 0 Å². The van der Waals surface area contributed by atoms with Crippen molar-refractivity contribution >= 4 is 22.4 Å². The normalized spacial score (nSPS) is 13.1. The highest BCUT2D eigenvalue weighted by molar-refractivity contribution is 6.76. The molecule has 0 saturated carbocycles. The number of carbonyl (C=O) groups excluding carboxylic acids is 1. The van der Waals surface area contributed by atoms with Crippen LogP contribution in [0.2, 0.25) is 44.8 Å². The van der Waals surface area contributed by atoms with E-state index in [0.29, 0.717) is 12.2 Å². The number of rotatable bonds is 9. The van der Waals surface area contributed by atoms with E-state index in [4.69, 9.17) is 9.16 Å². The summed E-state index contributed by atoms with van der Waals surface area (Å²) in [5, 5.41) is 0. The molecule has 0 amide bonds. The minimum atomic E-state index is -1.73. The van der Waals surface area contributed by atoms with E-state index in [9.17, 15) is 4.79 Å². The molecule has 0 bridgehead atoms. The van der Waals surface area contributed by atoms with Crippen molar-refractivity contribution in [2.24, 2.45) is 0 Å². The predicted octanol–water partition coefficient (Wildman–Crippen LogP) is 4.83. The quantitative estimate of drug-likeness (QED) is 0.263. The molecule has 0 aliphatic rings. The van der Waals surface area contributed by atoms with Gasteiger partial charge >= 0.3 is 5.97 Å². The molecule has 21 heavy (non-hydrogen) atoms. The summed E-state index contributed by atoms with van der Waals surface area (Å²) in [6.45, 7) is 21.8. The van der Waals surface area contributed by atoms with Gasteiger partial charge in [-0.2, -0.15) is 0 Å². The van der Waals surface area contributed by atoms with Crippen molar-refractivity contribution in [1.29, 1.82) is 0 Å². The molecule has 124 valence electrons. The Hall–Kier alpha value is -0.396. The number of carbonyl (C=O) groups is 1. The van der Waals surface area contributed by atoms with Gasteiger partial charge in [-0.3, -0.25) is 0 Å². The third-order valence-corrected chi connectivity index (χ3v) is 7.59. The molecule has 0 spiro atoms. The second-order valence-corrected chi connectivity index (χ2v) is 18.1. The van der Waals surface area contributed by atoms with Crippen LogP contribution in [0.1, 0.15) is 27.2 Å². The monoisotopic (exact) mass is 330 g/mol. The predicted molar refractivity (Wildman–Crippen MR) is 96.0 cm³/mol. The van der Waals surface area contributed by atoms with E-state index in [0.717, 1.165) is 12.5 Å². The number of hydrogen-bond acceptors (Lipinski definition) is 3. The van der Waals surface area contributed by atoms with E-state index in [1.54, 1.807) is 6.92 Å². The lowest BCUT2D eigenvalue weighted by Gasteiger charge is -2.38. The highest BCUT2D eigenvalue weighted by atomic mass is 28.4. The smallest absolute Gasteiger partial charge is 0.333 e. The van der Waals surface area contributed by atoms with Crippen LogP contribution in [0.3, 0.4) is 0 Å². The zero-order chi connectivity index (χ0) is 16.9. The van der Waals surface area contributed by atoms with Gasteiger partial charge in [0.15, 0.2) is 8.32 Å². The third-order valence-electron chi connectivity index (χ3n) is 3.01. The van der Waals surface area contributed by atoms with Crippen LogP contribution < -0.4 is 0 Å². The van der Waals surface area contributed by atoms with Crippen molar-refractivity contribution in [2.75, 3.05) is 6.61 Å². The van der Waals surface area contributed by atoms with Crippen molar-refractivity contribution < 1.29 is 14.0 Å². The third kappa shape index (κ3) is 10.9. The zero-order valence-electron chi connectivity index (χ0n) is 15.3. The first-order valence-corrected chi connectivity index (χ1v) is 14.6. The van der Waals surface area contributed by atoms with Gasteiger partial charge in [0.05, 0.1) is 6.61 Å². The molecule has 0 aromatic rings. The molecule has 0 atom stereocenters. The van der Waals surface area contributed by atoms with Crippen LogP contribution in [-0.4, -0.2) is 34.6 Å². The standard InChI is InChI=1S/C16H34O3Si2/c1-14(2)15(17)18-11-10-12-21(8,9)19-16(3,4)13-20(5,6)7/h1,10-13H2,2-9H3. The molecule has 0 heterocycles. The van der Waals surface area contributed by atoms with Gasteiger partial charge in [0.25, 0.3) is 0 Å². The maximum atomic E-state index is 11.3. The molecule has 0 radical (unpaired) electrons. The summed E-state index contributed by atoms with van der Waals surface area (Å²) in [7, 11) is -2.87. The Morgan fingerprint density at radius 2 is 1.67 bits per heavy atom. The SMILES string of the molecule is C=C(C)C(=O)OCCC[Si](C)(C)OC(C)(C)C[Si](C)(C)C. The van der Waals surface area contributed by atoms with E-state index >= 15 is 0 Å². The van der Waals surface area contributed by atoms with Gasteiger partial charge < -0.3 is 9.16 Å². The summed E-state index contributed by atoms with van der Waals surface area (Å²) in [5.74, 6) is -0.297. The lowest BCUT2D eigenvalue weighted by molar-refractivity contribution is -0.138. The number of esters is 1. The summed E-state index contributed by atoms with van der Waals surface area (Å²) in [6, 6.07) is 2.17. The second-order valence-electron chi connectivity index (χ2n) is 8.38. The van der Waals surface area contributed by atoms with Gasteiger partial charge in [0.2, 0.25) is 0 Å². The van der Waals surface area contributed by atoms with Crippen molar-refractivity contribution in [1.82, 2.24) is 0 Å². The lowest BCUT2D eigenvalue weighted by atomic mass is 10.2. The Balaban J connectivity index is 4.25. The van der Waals surface area contributed by atoms with Crippen LogP contribution >= 0.6 is 0 Å². The summed E-state index contributed by atoms with van der Waals surface area (Å²) in [4.78, 5) is 11.3. The maximum absolute atomic E-state index is 11.3. The molecule has 0 aromatic heterocycles. The molecule has 0 rings (SSSR count). The van der Waals surface area contributed by atoms with Crippen LogP contribution in [0, 0.1) is 0 Å². The van der Waals surface area contributed by atoms with E-state index < -0.39 is 16.4 Å². The fourth-order valence-electron chi connectivity index (χ4n) is 2.90. The van der Waals surface area contributed by atoms with E-state index in [-0.39, 0.29) is 11.6 Å². The summed E-state index contributed by atoms with van der Waals surface area (Å²) < 4.78 is 11.6. The second kappa shape index (κ2) is 7.74. The van der Waals surface area contributed by atoms with E-state index in [2.05, 4.69) is 53.2 Å². The highest BCUT2D eigenvalue weighted by Gasteiger charge is 2.34. The van der Waals surface area contributed by atoms with Gasteiger partial charge in [-0.05, 0) is 52.4 Å². The summed E-state index contributed by atoms with van der Waals surface area (Å²) >= 11 is 0. The zero-order valence-corrected chi connectivity index (χ0v) is 17.3. The molecular weight excluding hydrogens is 296 g/mol. The fraction of sp³-hybridized carbons (Fsp3) is 0.812. The topological polar surface area (TPSA) is 35.5 Å². The Morgan fingerprint density at radius 3 is 2.10 bits per heavy atom. The largest absolute Gasteiger partial charge is 0.462 e. The number of ether oxygens (including phenoxy) is 1. The molecule has 0 aliphatic carbocycles. The number of hydrogen-bond donors (Lipinski definition) is 0. The molecule has 3 nitrogen and oxygen atoms in total. The van der Waals surface area contributed by atoms with Crippen LogP contribution in [-0.2, 0) is 14.0 Å². The average molecular weight is 331 g/mol. The molecule has 0 aromatic carbocycles. The lowest BCUT2D eigenvalue weighted by Crippen LogP contribution is -2.44. The van der Waals surface area contributed by atoms with Gasteiger partial charge in [-0.25, -0.2) is 4.79 Å². The Labute approximate surface area is 133 Å². The van der Waals surface area contributed by atoms with Crippen LogP contribution in [0.5, 0.6) is 0 Å². The van der Waals surface area contributed by atoms with Gasteiger partial charge in [-0.1, -0.05) is 26.2 Å². The summed E-state index contributed by atoms with van der Waals surface area (Å²) in [5.41, 5.74) is 0.410. The molecule has 0 aliphatic heterocycles. The fourth-order valence-corrected chi connectivity index (χ4v) is 8.33. The first-order chi connectivity index (χ1) is 9.24. The Bertz CT molecular complexity index is 368. The minimum absolute atomic E-state index is 0.0470. The minimum Gasteiger partial charge on any atom is -0.462 e. The molecule has 0 saturated heterocycles. The molecule has 0 N–H and O–H groups in total. The maximum Gasteiger partial charge on any atom is 0.333 e. The van der Waals surface area contributed by atoms with E-state index in [1.807, 2.05) is 0 Å². The Morgan fingerprint density at radius 1 is 1.14 bits per heavy atom. The van der Waals surface area contributed by atoms with Crippen molar-refractivity contribution in [3.8, 4) is 0 Å². The van der Waals surface area contributed by atoms with Gasteiger partial charge in [0.1, 0.15) is 0 Å². The van der Waals surface area contributed by atoms with Crippen molar-refractivity contribution in [3.63, 3.8) is 0 Å². The Kier molecular flexibility index (Phi) is 7.60. The van der Waals surface area contributed by atoms with Gasteiger partial charge in [-0.15, -0.1) is 0 Å². The molecular formula is C16H34O3Si2.